The van der Waals surface area contributed by atoms with Crippen molar-refractivity contribution in [2.45, 2.75) is 42.9 Å². The van der Waals surface area contributed by atoms with Crippen molar-refractivity contribution in [3.8, 4) is 0 Å². The van der Waals surface area contributed by atoms with Gasteiger partial charge in [-0.1, -0.05) is 12.1 Å². The average Bonchev–Trinajstić information content (AvgIpc) is 3.01. The summed E-state index contributed by atoms with van der Waals surface area (Å²) in [7, 11) is -1.48. The topological polar surface area (TPSA) is 89.7 Å². The van der Waals surface area contributed by atoms with Gasteiger partial charge < -0.3 is 15.4 Å². The molecule has 0 radical (unpaired) electrons. The normalized spacial score (nSPS) is 22.8. The number of nitrogens with two attached hydrogens (primary N) is 1. The molecule has 0 spiro atoms. The minimum atomic E-state index is -3.22. The van der Waals surface area contributed by atoms with E-state index in [1.807, 2.05) is 6.92 Å². The monoisotopic (exact) mass is 340 g/mol. The summed E-state index contributed by atoms with van der Waals surface area (Å²) < 4.78 is 28.6. The molecule has 128 valence electrons. The molecule has 0 aromatic heterocycles. The van der Waals surface area contributed by atoms with Gasteiger partial charge in [0.15, 0.2) is 9.84 Å². The second kappa shape index (κ2) is 6.98. The van der Waals surface area contributed by atoms with Gasteiger partial charge in [0.1, 0.15) is 6.10 Å². The van der Waals surface area contributed by atoms with Gasteiger partial charge in [-0.3, -0.25) is 4.79 Å². The molecule has 1 saturated heterocycles. The number of carbonyl (C=O) groups excluding carboxylic acids is 1. The number of benzene rings is 1. The molecule has 1 unspecified atom stereocenters. The van der Waals surface area contributed by atoms with Gasteiger partial charge in [-0.15, -0.1) is 0 Å². The number of ether oxygens (including phenoxy) is 1. The predicted octanol–water partition coefficient (Wildman–Crippen LogP) is 1.12. The third kappa shape index (κ3) is 4.10. The summed E-state index contributed by atoms with van der Waals surface area (Å²) >= 11 is 0. The second-order valence-electron chi connectivity index (χ2n) is 6.03. The van der Waals surface area contributed by atoms with Crippen LogP contribution < -0.4 is 5.73 Å². The summed E-state index contributed by atoms with van der Waals surface area (Å²) in [4.78, 5) is 14.4. The van der Waals surface area contributed by atoms with Crippen LogP contribution in [0.4, 0.5) is 0 Å². The summed E-state index contributed by atoms with van der Waals surface area (Å²) in [5.74, 6) is -0.0689. The van der Waals surface area contributed by atoms with E-state index in [0.717, 1.165) is 12.0 Å². The molecule has 1 amide bonds. The molecular weight excluding hydrogens is 316 g/mol. The van der Waals surface area contributed by atoms with Crippen LogP contribution in [-0.4, -0.2) is 51.3 Å². The first-order valence-electron chi connectivity index (χ1n) is 7.66. The highest BCUT2D eigenvalue weighted by Crippen LogP contribution is 2.25. The Morgan fingerprint density at radius 3 is 2.43 bits per heavy atom. The maximum Gasteiger partial charge on any atom is 0.251 e. The van der Waals surface area contributed by atoms with Gasteiger partial charge >= 0.3 is 0 Å². The van der Waals surface area contributed by atoms with Gasteiger partial charge in [-0.25, -0.2) is 8.42 Å². The van der Waals surface area contributed by atoms with E-state index in [-0.39, 0.29) is 22.9 Å². The summed E-state index contributed by atoms with van der Waals surface area (Å²) in [5, 5.41) is 0. The summed E-state index contributed by atoms with van der Waals surface area (Å²) in [6, 6.07) is 6.44. The van der Waals surface area contributed by atoms with Crippen LogP contribution in [0.5, 0.6) is 0 Å². The first kappa shape index (κ1) is 17.9. The van der Waals surface area contributed by atoms with Crippen LogP contribution >= 0.6 is 0 Å². The Morgan fingerprint density at radius 2 is 1.96 bits per heavy atom. The lowest BCUT2D eigenvalue weighted by atomic mass is 10.1. The molecular formula is C16H24N2O4S. The van der Waals surface area contributed by atoms with Crippen LogP contribution in [0.25, 0.3) is 0 Å². The molecule has 1 aromatic carbocycles. The summed E-state index contributed by atoms with van der Waals surface area (Å²) in [6.45, 7) is 2.33. The molecule has 2 N–H and O–H groups in total. The number of rotatable bonds is 5. The Kier molecular flexibility index (Phi) is 5.44. The maximum atomic E-state index is 12.5. The van der Waals surface area contributed by atoms with Gasteiger partial charge in [0, 0.05) is 19.8 Å². The highest BCUT2D eigenvalue weighted by Gasteiger charge is 2.33. The Bertz CT molecular complexity index is 657. The minimum Gasteiger partial charge on any atom is -0.364 e. The summed E-state index contributed by atoms with van der Waals surface area (Å²) in [5.41, 5.74) is 6.45. The quantitative estimate of drug-likeness (QED) is 0.867. The fourth-order valence-corrected chi connectivity index (χ4v) is 3.33. The third-order valence-corrected chi connectivity index (χ3v) is 5.49. The largest absolute Gasteiger partial charge is 0.364 e. The van der Waals surface area contributed by atoms with E-state index < -0.39 is 15.9 Å². The van der Waals surface area contributed by atoms with Gasteiger partial charge in [0.05, 0.1) is 17.0 Å². The molecule has 3 atom stereocenters. The van der Waals surface area contributed by atoms with E-state index in [1.165, 1.54) is 6.26 Å². The van der Waals surface area contributed by atoms with E-state index in [0.29, 0.717) is 13.0 Å². The van der Waals surface area contributed by atoms with E-state index in [1.54, 1.807) is 36.2 Å². The Morgan fingerprint density at radius 1 is 1.35 bits per heavy atom. The van der Waals surface area contributed by atoms with Gasteiger partial charge in [-0.05, 0) is 37.5 Å². The lowest BCUT2D eigenvalue weighted by Gasteiger charge is -2.28. The fraction of sp³-hybridized carbons (Fsp3) is 0.562. The zero-order chi connectivity index (χ0) is 17.2. The number of sulfone groups is 1. The van der Waals surface area contributed by atoms with Crippen LogP contribution in [0.1, 0.15) is 31.4 Å². The molecule has 0 saturated carbocycles. The van der Waals surface area contributed by atoms with E-state index in [4.69, 9.17) is 10.5 Å². The number of amides is 1. The molecule has 1 aliphatic rings. The average molecular weight is 340 g/mol. The van der Waals surface area contributed by atoms with Crippen LogP contribution in [0.3, 0.4) is 0 Å². The Hall–Kier alpha value is -1.44. The first-order valence-corrected chi connectivity index (χ1v) is 9.55. The minimum absolute atomic E-state index is 0.0401. The van der Waals surface area contributed by atoms with Crippen molar-refractivity contribution in [2.24, 2.45) is 5.73 Å². The molecule has 23 heavy (non-hydrogen) atoms. The molecule has 1 heterocycles. The van der Waals surface area contributed by atoms with E-state index in [2.05, 4.69) is 0 Å². The Balaban J connectivity index is 2.07. The number of carbonyl (C=O) groups is 1. The highest BCUT2D eigenvalue weighted by molar-refractivity contribution is 7.90. The molecule has 1 fully saturated rings. The second-order valence-corrected chi connectivity index (χ2v) is 8.04. The van der Waals surface area contributed by atoms with Crippen molar-refractivity contribution in [3.63, 3.8) is 0 Å². The van der Waals surface area contributed by atoms with Crippen LogP contribution in [-0.2, 0) is 19.4 Å². The van der Waals surface area contributed by atoms with Crippen LogP contribution in [0.15, 0.2) is 29.2 Å². The maximum absolute atomic E-state index is 12.5. The fourth-order valence-electron chi connectivity index (χ4n) is 2.70. The predicted molar refractivity (Wildman–Crippen MR) is 87.7 cm³/mol. The number of hydrogen-bond acceptors (Lipinski definition) is 5. The SMILES string of the molecule is CC(c1ccc(S(C)(=O)=O)cc1)N(C)C(=O)[C@@H]1CC[C@H](CN)O1. The lowest BCUT2D eigenvalue weighted by molar-refractivity contribution is -0.143. The molecule has 1 aromatic rings. The summed E-state index contributed by atoms with van der Waals surface area (Å²) in [6.07, 6.45) is 2.18. The van der Waals surface area contributed by atoms with Gasteiger partial charge in [0.2, 0.25) is 0 Å². The standard InChI is InChI=1S/C16H24N2O4S/c1-11(12-4-7-14(8-5-12)23(3,20)21)18(2)16(19)15-9-6-13(10-17)22-15/h4-5,7-8,11,13,15H,6,9-10,17H2,1-3H3/t11?,13-,15+/m1/s1. The zero-order valence-corrected chi connectivity index (χ0v) is 14.5. The molecule has 1 aliphatic heterocycles. The third-order valence-electron chi connectivity index (χ3n) is 4.37. The molecule has 6 nitrogen and oxygen atoms in total. The molecule has 2 rings (SSSR count). The Labute approximate surface area is 137 Å². The zero-order valence-electron chi connectivity index (χ0n) is 13.7. The number of likely N-dealkylation sites (N-methyl/N-ethyl adjacent to an activating group) is 1. The number of nitrogens with zero attached hydrogens (tertiary/aromatic N) is 1. The van der Waals surface area contributed by atoms with Crippen LogP contribution in [0.2, 0.25) is 0 Å². The van der Waals surface area contributed by atoms with Crippen molar-refractivity contribution in [1.29, 1.82) is 0 Å². The van der Waals surface area contributed by atoms with E-state index in [9.17, 15) is 13.2 Å². The first-order chi connectivity index (χ1) is 10.7. The van der Waals surface area contributed by atoms with Crippen molar-refractivity contribution in [1.82, 2.24) is 4.90 Å². The van der Waals surface area contributed by atoms with Crippen molar-refractivity contribution in [2.75, 3.05) is 19.8 Å². The molecule has 0 aliphatic carbocycles. The smallest absolute Gasteiger partial charge is 0.251 e. The lowest BCUT2D eigenvalue weighted by Crippen LogP contribution is -2.38. The number of hydrogen-bond donors (Lipinski definition) is 1. The van der Waals surface area contributed by atoms with Crippen molar-refractivity contribution in [3.05, 3.63) is 29.8 Å². The van der Waals surface area contributed by atoms with Crippen molar-refractivity contribution < 1.29 is 17.9 Å². The van der Waals surface area contributed by atoms with Gasteiger partial charge in [0.25, 0.3) is 5.91 Å². The highest BCUT2D eigenvalue weighted by atomic mass is 32.2. The molecule has 0 bridgehead atoms. The van der Waals surface area contributed by atoms with Crippen LogP contribution in [0, 0.1) is 0 Å². The van der Waals surface area contributed by atoms with E-state index >= 15 is 0 Å². The van der Waals surface area contributed by atoms with Crippen molar-refractivity contribution >= 4 is 15.7 Å². The van der Waals surface area contributed by atoms with Gasteiger partial charge in [-0.2, -0.15) is 0 Å². The molecule has 7 heteroatoms.